The number of nitrogens with one attached hydrogen (secondary N) is 1. The molecule has 5 nitrogen and oxygen atoms in total. The van der Waals surface area contributed by atoms with E-state index in [1.54, 1.807) is 24.3 Å². The smallest absolute Gasteiger partial charge is 0.337 e. The van der Waals surface area contributed by atoms with Gasteiger partial charge in [0.05, 0.1) is 17.4 Å². The van der Waals surface area contributed by atoms with Crippen LogP contribution in [0.15, 0.2) is 60.8 Å². The Balaban J connectivity index is 1.42. The molecule has 0 saturated carbocycles. The van der Waals surface area contributed by atoms with Crippen molar-refractivity contribution in [3.05, 3.63) is 88.1 Å². The van der Waals surface area contributed by atoms with Crippen molar-refractivity contribution in [2.75, 3.05) is 6.54 Å². The first-order valence-electron chi connectivity index (χ1n) is 9.98. The molecule has 4 rings (SSSR count). The first-order chi connectivity index (χ1) is 14.5. The third-order valence-electron chi connectivity index (χ3n) is 5.57. The van der Waals surface area contributed by atoms with Crippen LogP contribution in [0.4, 0.5) is 0 Å². The summed E-state index contributed by atoms with van der Waals surface area (Å²) in [5, 5.41) is 23.6. The number of aromatic carboxylic acids is 1. The topological polar surface area (TPSA) is 82.5 Å². The lowest BCUT2D eigenvalue weighted by Crippen LogP contribution is -2.37. The van der Waals surface area contributed by atoms with E-state index in [1.165, 1.54) is 17.3 Å². The Morgan fingerprint density at radius 3 is 2.77 bits per heavy atom. The van der Waals surface area contributed by atoms with Gasteiger partial charge in [-0.15, -0.1) is 0 Å². The minimum atomic E-state index is -0.978. The molecule has 30 heavy (non-hydrogen) atoms. The van der Waals surface area contributed by atoms with Gasteiger partial charge in [0.1, 0.15) is 0 Å². The van der Waals surface area contributed by atoms with Crippen LogP contribution in [0.1, 0.15) is 39.6 Å². The third-order valence-corrected chi connectivity index (χ3v) is 5.81. The largest absolute Gasteiger partial charge is 0.478 e. The molecule has 154 valence electrons. The Kier molecular flexibility index (Phi) is 6.13. The zero-order valence-electron chi connectivity index (χ0n) is 16.4. The van der Waals surface area contributed by atoms with E-state index < -0.39 is 12.1 Å². The Labute approximate surface area is 180 Å². The van der Waals surface area contributed by atoms with Gasteiger partial charge in [-0.2, -0.15) is 0 Å². The minimum Gasteiger partial charge on any atom is -0.478 e. The van der Waals surface area contributed by atoms with Gasteiger partial charge in [0, 0.05) is 29.4 Å². The molecule has 0 radical (unpaired) electrons. The van der Waals surface area contributed by atoms with Gasteiger partial charge in [-0.25, -0.2) is 4.79 Å². The zero-order chi connectivity index (χ0) is 21.1. The Hall–Kier alpha value is -2.73. The van der Waals surface area contributed by atoms with E-state index in [1.807, 2.05) is 18.2 Å². The van der Waals surface area contributed by atoms with Crippen LogP contribution in [0.3, 0.4) is 0 Å². The van der Waals surface area contributed by atoms with Crippen LogP contribution in [0.5, 0.6) is 0 Å². The number of carboxylic acids is 1. The van der Waals surface area contributed by atoms with Gasteiger partial charge in [-0.3, -0.25) is 4.98 Å². The Morgan fingerprint density at radius 1 is 1.17 bits per heavy atom. The lowest BCUT2D eigenvalue weighted by Gasteiger charge is -2.27. The van der Waals surface area contributed by atoms with Crippen molar-refractivity contribution < 1.29 is 15.0 Å². The summed E-state index contributed by atoms with van der Waals surface area (Å²) in [7, 11) is 0. The number of nitrogens with zero attached hydrogens (tertiary/aromatic N) is 1. The maximum Gasteiger partial charge on any atom is 0.337 e. The van der Waals surface area contributed by atoms with Crippen molar-refractivity contribution in [1.82, 2.24) is 10.3 Å². The molecule has 1 aliphatic rings. The molecular weight excluding hydrogens is 400 g/mol. The zero-order valence-corrected chi connectivity index (χ0v) is 17.1. The molecule has 3 N–H and O–H groups in total. The molecule has 1 aliphatic carbocycles. The second kappa shape index (κ2) is 8.96. The molecule has 3 aromatic rings. The van der Waals surface area contributed by atoms with E-state index in [4.69, 9.17) is 16.7 Å². The number of fused-ring (bicyclic) bond motifs is 1. The summed E-state index contributed by atoms with van der Waals surface area (Å²) in [4.78, 5) is 15.3. The molecule has 1 heterocycles. The fraction of sp³-hybridized carbons (Fsp3) is 0.250. The maximum atomic E-state index is 11.0. The monoisotopic (exact) mass is 422 g/mol. The van der Waals surface area contributed by atoms with Crippen LogP contribution < -0.4 is 5.32 Å². The lowest BCUT2D eigenvalue weighted by molar-refractivity contribution is 0.0696. The highest BCUT2D eigenvalue weighted by molar-refractivity contribution is 6.30. The van der Waals surface area contributed by atoms with Crippen molar-refractivity contribution in [3.8, 4) is 11.3 Å². The SMILES string of the molecule is O=C(O)c1ccc(-c2ccc3c(c2)C[C@@H](NC[C@H](O)c2cccc(Cl)c2)CC3)nc1. The number of rotatable bonds is 6. The van der Waals surface area contributed by atoms with E-state index in [0.29, 0.717) is 11.6 Å². The molecule has 0 amide bonds. The molecule has 0 unspecified atom stereocenters. The summed E-state index contributed by atoms with van der Waals surface area (Å²) in [6.45, 7) is 0.470. The molecule has 0 bridgehead atoms. The summed E-state index contributed by atoms with van der Waals surface area (Å²) >= 11 is 6.02. The highest BCUT2D eigenvalue weighted by Crippen LogP contribution is 2.27. The van der Waals surface area contributed by atoms with Crippen LogP contribution in [0.2, 0.25) is 5.02 Å². The summed E-state index contributed by atoms with van der Waals surface area (Å²) in [5.41, 5.74) is 5.31. The molecule has 0 spiro atoms. The number of aliphatic hydroxyl groups excluding tert-OH is 1. The predicted octanol–water partition coefficient (Wildman–Crippen LogP) is 4.28. The third kappa shape index (κ3) is 4.70. The van der Waals surface area contributed by atoms with Crippen LogP contribution >= 0.6 is 11.6 Å². The number of halogens is 1. The van der Waals surface area contributed by atoms with Crippen LogP contribution in [-0.4, -0.2) is 33.8 Å². The average molecular weight is 423 g/mol. The molecule has 2 aromatic carbocycles. The second-order valence-electron chi connectivity index (χ2n) is 7.64. The van der Waals surface area contributed by atoms with E-state index >= 15 is 0 Å². The fourth-order valence-corrected chi connectivity index (χ4v) is 4.09. The van der Waals surface area contributed by atoms with Crippen molar-refractivity contribution in [2.24, 2.45) is 0 Å². The van der Waals surface area contributed by atoms with Crippen molar-refractivity contribution in [1.29, 1.82) is 0 Å². The first kappa shape index (κ1) is 20.5. The number of hydrogen-bond acceptors (Lipinski definition) is 4. The van der Waals surface area contributed by atoms with Gasteiger partial charge in [-0.05, 0) is 66.3 Å². The number of aryl methyl sites for hydroxylation is 1. The number of carboxylic acid groups (broad SMARTS) is 1. The molecular formula is C24H23ClN2O3. The Bertz CT molecular complexity index is 1050. The highest BCUT2D eigenvalue weighted by Gasteiger charge is 2.20. The first-order valence-corrected chi connectivity index (χ1v) is 10.4. The van der Waals surface area contributed by atoms with Gasteiger partial charge in [0.25, 0.3) is 0 Å². The molecule has 1 aromatic heterocycles. The second-order valence-corrected chi connectivity index (χ2v) is 8.08. The van der Waals surface area contributed by atoms with Crippen LogP contribution in [0.25, 0.3) is 11.3 Å². The van der Waals surface area contributed by atoms with Gasteiger partial charge in [-0.1, -0.05) is 35.9 Å². The van der Waals surface area contributed by atoms with Crippen LogP contribution in [0, 0.1) is 0 Å². The van der Waals surface area contributed by atoms with Crippen LogP contribution in [-0.2, 0) is 12.8 Å². The quantitative estimate of drug-likeness (QED) is 0.552. The summed E-state index contributed by atoms with van der Waals surface area (Å²) < 4.78 is 0. The predicted molar refractivity (Wildman–Crippen MR) is 117 cm³/mol. The van der Waals surface area contributed by atoms with E-state index in [2.05, 4.69) is 22.4 Å². The van der Waals surface area contributed by atoms with Crippen molar-refractivity contribution in [2.45, 2.75) is 31.4 Å². The number of aromatic nitrogens is 1. The molecule has 2 atom stereocenters. The van der Waals surface area contributed by atoms with E-state index in [-0.39, 0.29) is 11.6 Å². The van der Waals surface area contributed by atoms with Gasteiger partial charge >= 0.3 is 5.97 Å². The average Bonchev–Trinajstić information content (AvgIpc) is 2.77. The summed E-state index contributed by atoms with van der Waals surface area (Å²) in [6, 6.07) is 17.2. The lowest BCUT2D eigenvalue weighted by atomic mass is 9.86. The number of benzene rings is 2. The standard InChI is InChI=1S/C24H23ClN2O3/c25-20-3-1-2-17(11-20)23(28)14-26-21-8-6-15-4-5-16(10-19(15)12-21)22-9-7-18(13-27-22)24(29)30/h1-5,7,9-11,13,21,23,26,28H,6,8,12,14H2,(H,29,30)/t21-,23-/m0/s1. The fourth-order valence-electron chi connectivity index (χ4n) is 3.89. The summed E-state index contributed by atoms with van der Waals surface area (Å²) in [6.07, 6.45) is 3.65. The highest BCUT2D eigenvalue weighted by atomic mass is 35.5. The van der Waals surface area contributed by atoms with Crippen molar-refractivity contribution in [3.63, 3.8) is 0 Å². The van der Waals surface area contributed by atoms with E-state index in [9.17, 15) is 9.90 Å². The molecule has 0 fully saturated rings. The molecule has 0 saturated heterocycles. The number of pyridine rings is 1. The van der Waals surface area contributed by atoms with Crippen molar-refractivity contribution >= 4 is 17.6 Å². The molecule has 0 aliphatic heterocycles. The number of carbonyl (C=O) groups is 1. The number of hydrogen-bond donors (Lipinski definition) is 3. The minimum absolute atomic E-state index is 0.180. The van der Waals surface area contributed by atoms with Gasteiger partial charge in [0.15, 0.2) is 0 Å². The Morgan fingerprint density at radius 2 is 2.03 bits per heavy atom. The van der Waals surface area contributed by atoms with E-state index in [0.717, 1.165) is 36.1 Å². The molecule has 6 heteroatoms. The summed E-state index contributed by atoms with van der Waals surface area (Å²) in [5.74, 6) is -0.978. The van der Waals surface area contributed by atoms with Gasteiger partial charge < -0.3 is 15.5 Å². The van der Waals surface area contributed by atoms with Gasteiger partial charge in [0.2, 0.25) is 0 Å². The maximum absolute atomic E-state index is 11.0. The normalized spacial score (nSPS) is 16.7. The number of aliphatic hydroxyl groups is 1.